The molecule has 0 aliphatic carbocycles. The molecule has 1 unspecified atom stereocenters. The predicted molar refractivity (Wildman–Crippen MR) is 47.4 cm³/mol. The van der Waals surface area contributed by atoms with Gasteiger partial charge in [0, 0.05) is 25.7 Å². The SMILES string of the molecule is C=CCC1CNCCN1NC=O. The number of amides is 1. The van der Waals surface area contributed by atoms with Crippen LogP contribution in [0.15, 0.2) is 12.7 Å². The van der Waals surface area contributed by atoms with Gasteiger partial charge in [-0.05, 0) is 6.42 Å². The van der Waals surface area contributed by atoms with Gasteiger partial charge in [0.1, 0.15) is 0 Å². The van der Waals surface area contributed by atoms with E-state index < -0.39 is 0 Å². The average Bonchev–Trinajstić information content (AvgIpc) is 2.09. The lowest BCUT2D eigenvalue weighted by atomic mass is 10.1. The molecule has 0 aromatic heterocycles. The molecule has 1 atom stereocenters. The molecule has 0 saturated carbocycles. The molecule has 12 heavy (non-hydrogen) atoms. The summed E-state index contributed by atoms with van der Waals surface area (Å²) in [7, 11) is 0. The molecular formula is C8H15N3O. The lowest BCUT2D eigenvalue weighted by molar-refractivity contribution is -0.115. The van der Waals surface area contributed by atoms with Crippen molar-refractivity contribution in [3.63, 3.8) is 0 Å². The van der Waals surface area contributed by atoms with Crippen LogP contribution in [0.5, 0.6) is 0 Å². The predicted octanol–water partition coefficient (Wildman–Crippen LogP) is -0.503. The maximum Gasteiger partial charge on any atom is 0.221 e. The van der Waals surface area contributed by atoms with E-state index in [2.05, 4.69) is 17.3 Å². The number of carbonyl (C=O) groups excluding carboxylic acids is 1. The minimum absolute atomic E-state index is 0.349. The van der Waals surface area contributed by atoms with Crippen LogP contribution in [0.3, 0.4) is 0 Å². The molecule has 0 bridgehead atoms. The highest BCUT2D eigenvalue weighted by atomic mass is 16.1. The number of hydrogen-bond donors (Lipinski definition) is 2. The van der Waals surface area contributed by atoms with Crippen molar-refractivity contribution in [2.45, 2.75) is 12.5 Å². The lowest BCUT2D eigenvalue weighted by Crippen LogP contribution is -2.56. The van der Waals surface area contributed by atoms with Crippen molar-refractivity contribution >= 4 is 6.41 Å². The van der Waals surface area contributed by atoms with E-state index in [0.29, 0.717) is 6.04 Å². The molecule has 1 amide bonds. The van der Waals surface area contributed by atoms with E-state index in [1.54, 1.807) is 0 Å². The average molecular weight is 169 g/mol. The van der Waals surface area contributed by atoms with E-state index in [4.69, 9.17) is 0 Å². The Hall–Kier alpha value is -0.870. The van der Waals surface area contributed by atoms with Gasteiger partial charge < -0.3 is 5.32 Å². The Morgan fingerprint density at radius 1 is 1.75 bits per heavy atom. The van der Waals surface area contributed by atoms with E-state index in [1.807, 2.05) is 11.1 Å². The molecule has 1 aliphatic heterocycles. The molecule has 4 nitrogen and oxygen atoms in total. The van der Waals surface area contributed by atoms with Crippen LogP contribution in [0.25, 0.3) is 0 Å². The maximum absolute atomic E-state index is 10.2. The van der Waals surface area contributed by atoms with Crippen molar-refractivity contribution < 1.29 is 4.79 Å². The van der Waals surface area contributed by atoms with Gasteiger partial charge in [-0.2, -0.15) is 0 Å². The fraction of sp³-hybridized carbons (Fsp3) is 0.625. The van der Waals surface area contributed by atoms with Gasteiger partial charge >= 0.3 is 0 Å². The minimum atomic E-state index is 0.349. The summed E-state index contributed by atoms with van der Waals surface area (Å²) in [5.74, 6) is 0. The van der Waals surface area contributed by atoms with Gasteiger partial charge in [0.15, 0.2) is 0 Å². The summed E-state index contributed by atoms with van der Waals surface area (Å²) < 4.78 is 0. The molecule has 1 fully saturated rings. The van der Waals surface area contributed by atoms with Crippen molar-refractivity contribution in [3.8, 4) is 0 Å². The number of hydrazine groups is 1. The third-order valence-corrected chi connectivity index (χ3v) is 2.01. The molecule has 1 saturated heterocycles. The van der Waals surface area contributed by atoms with Crippen LogP contribution in [0.2, 0.25) is 0 Å². The normalized spacial score (nSPS) is 24.8. The molecule has 4 heteroatoms. The largest absolute Gasteiger partial charge is 0.314 e. The van der Waals surface area contributed by atoms with E-state index in [-0.39, 0.29) is 0 Å². The molecule has 1 heterocycles. The van der Waals surface area contributed by atoms with Crippen molar-refractivity contribution in [2.24, 2.45) is 0 Å². The zero-order valence-corrected chi connectivity index (χ0v) is 7.12. The summed E-state index contributed by atoms with van der Waals surface area (Å²) in [4.78, 5) is 10.2. The zero-order valence-electron chi connectivity index (χ0n) is 7.12. The highest BCUT2D eigenvalue weighted by Crippen LogP contribution is 2.03. The van der Waals surface area contributed by atoms with Crippen molar-refractivity contribution in [2.75, 3.05) is 19.6 Å². The second-order valence-corrected chi connectivity index (χ2v) is 2.82. The molecule has 1 rings (SSSR count). The van der Waals surface area contributed by atoms with Gasteiger partial charge in [0.05, 0.1) is 0 Å². The molecule has 2 N–H and O–H groups in total. The number of nitrogens with one attached hydrogen (secondary N) is 2. The quantitative estimate of drug-likeness (QED) is 0.440. The fourth-order valence-corrected chi connectivity index (χ4v) is 1.40. The third-order valence-electron chi connectivity index (χ3n) is 2.01. The smallest absolute Gasteiger partial charge is 0.221 e. The van der Waals surface area contributed by atoms with Crippen LogP contribution < -0.4 is 10.7 Å². The Kier molecular flexibility index (Phi) is 3.76. The van der Waals surface area contributed by atoms with Crippen LogP contribution >= 0.6 is 0 Å². The van der Waals surface area contributed by atoms with Gasteiger partial charge in [-0.3, -0.25) is 10.2 Å². The van der Waals surface area contributed by atoms with E-state index in [0.717, 1.165) is 32.5 Å². The van der Waals surface area contributed by atoms with Crippen LogP contribution in [0.1, 0.15) is 6.42 Å². The Labute approximate surface area is 72.6 Å². The van der Waals surface area contributed by atoms with Crippen molar-refractivity contribution in [1.82, 2.24) is 15.8 Å². The number of nitrogens with zero attached hydrogens (tertiary/aromatic N) is 1. The standard InChI is InChI=1S/C8H15N3O/c1-2-3-8-6-9-4-5-11(8)10-7-12/h2,7-9H,1,3-6H2,(H,10,12). The first-order valence-corrected chi connectivity index (χ1v) is 4.16. The van der Waals surface area contributed by atoms with E-state index in [1.165, 1.54) is 0 Å². The van der Waals surface area contributed by atoms with Crippen molar-refractivity contribution in [1.29, 1.82) is 0 Å². The second kappa shape index (κ2) is 4.90. The molecule has 0 spiro atoms. The first-order chi connectivity index (χ1) is 5.88. The van der Waals surface area contributed by atoms with Crippen LogP contribution in [-0.4, -0.2) is 37.1 Å². The molecule has 1 aliphatic rings. The Balaban J connectivity index is 2.41. The topological polar surface area (TPSA) is 44.4 Å². The summed E-state index contributed by atoms with van der Waals surface area (Å²) in [5.41, 5.74) is 2.68. The zero-order chi connectivity index (χ0) is 8.81. The third kappa shape index (κ3) is 2.32. The number of hydrogen-bond acceptors (Lipinski definition) is 3. The summed E-state index contributed by atoms with van der Waals surface area (Å²) in [6.45, 7) is 6.37. The van der Waals surface area contributed by atoms with Gasteiger partial charge in [0.25, 0.3) is 0 Å². The van der Waals surface area contributed by atoms with Gasteiger partial charge in [-0.15, -0.1) is 6.58 Å². The Morgan fingerprint density at radius 2 is 2.58 bits per heavy atom. The summed E-state index contributed by atoms with van der Waals surface area (Å²) in [6, 6.07) is 0.349. The van der Waals surface area contributed by atoms with Gasteiger partial charge in [0.2, 0.25) is 6.41 Å². The number of rotatable bonds is 4. The molecular weight excluding hydrogens is 154 g/mol. The van der Waals surface area contributed by atoms with Crippen LogP contribution in [0.4, 0.5) is 0 Å². The number of piperazine rings is 1. The second-order valence-electron chi connectivity index (χ2n) is 2.82. The minimum Gasteiger partial charge on any atom is -0.314 e. The summed E-state index contributed by atoms with van der Waals surface area (Å²) in [6.07, 6.45) is 3.49. The molecule has 0 radical (unpaired) electrons. The maximum atomic E-state index is 10.2. The highest BCUT2D eigenvalue weighted by molar-refractivity contribution is 5.45. The summed E-state index contributed by atoms with van der Waals surface area (Å²) >= 11 is 0. The van der Waals surface area contributed by atoms with Gasteiger partial charge in [-0.1, -0.05) is 6.08 Å². The van der Waals surface area contributed by atoms with Crippen molar-refractivity contribution in [3.05, 3.63) is 12.7 Å². The summed E-state index contributed by atoms with van der Waals surface area (Å²) in [5, 5.41) is 5.21. The first kappa shape index (κ1) is 9.22. The van der Waals surface area contributed by atoms with Crippen LogP contribution in [-0.2, 0) is 4.79 Å². The monoisotopic (exact) mass is 169 g/mol. The fourth-order valence-electron chi connectivity index (χ4n) is 1.40. The van der Waals surface area contributed by atoms with Gasteiger partial charge in [-0.25, -0.2) is 5.01 Å². The van der Waals surface area contributed by atoms with E-state index in [9.17, 15) is 4.79 Å². The molecule has 0 aromatic rings. The molecule has 0 aromatic carbocycles. The first-order valence-electron chi connectivity index (χ1n) is 4.16. The highest BCUT2D eigenvalue weighted by Gasteiger charge is 2.19. The Bertz CT molecular complexity index is 142. The van der Waals surface area contributed by atoms with E-state index >= 15 is 0 Å². The molecule has 68 valence electrons. The number of carbonyl (C=O) groups is 1. The lowest BCUT2D eigenvalue weighted by Gasteiger charge is -2.34. The Morgan fingerprint density at radius 3 is 3.25 bits per heavy atom. The van der Waals surface area contributed by atoms with Crippen LogP contribution in [0, 0.1) is 0 Å².